The van der Waals surface area contributed by atoms with Gasteiger partial charge >= 0.3 is 11.9 Å². The SMILES string of the molecule is CC(=O)O[C@H]1C=C2CCCC[C@]2(C)C2C1C1CC[C@H](O[Si](C)(C)C(C)(C)C)[C@@]1(C)C[C@@H]2OC(=O)c1ccccc1.CC1CCCO1. The van der Waals surface area contributed by atoms with Gasteiger partial charge in [0.05, 0.1) is 17.8 Å². The maximum Gasteiger partial charge on any atom is 0.338 e. The van der Waals surface area contributed by atoms with Gasteiger partial charge in [-0.2, -0.15) is 0 Å². The van der Waals surface area contributed by atoms with Gasteiger partial charge in [-0.05, 0) is 111 Å². The molecule has 46 heavy (non-hydrogen) atoms. The van der Waals surface area contributed by atoms with Crippen molar-refractivity contribution in [3.63, 3.8) is 0 Å². The highest BCUT2D eigenvalue weighted by molar-refractivity contribution is 6.74. The topological polar surface area (TPSA) is 71.1 Å². The third-order valence-electron chi connectivity index (χ3n) is 12.8. The van der Waals surface area contributed by atoms with Gasteiger partial charge in [-0.25, -0.2) is 4.79 Å². The molecule has 7 heteroatoms. The Morgan fingerprint density at radius 2 is 1.70 bits per heavy atom. The van der Waals surface area contributed by atoms with Crippen molar-refractivity contribution >= 4 is 20.3 Å². The van der Waals surface area contributed by atoms with Crippen LogP contribution in [0.3, 0.4) is 0 Å². The molecular formula is C39H60O6Si. The summed E-state index contributed by atoms with van der Waals surface area (Å²) in [6.45, 7) is 20.9. The second-order valence-corrected chi connectivity index (χ2v) is 21.6. The van der Waals surface area contributed by atoms with E-state index in [9.17, 15) is 9.59 Å². The fraction of sp³-hybridized carbons (Fsp3) is 0.744. The first-order chi connectivity index (χ1) is 21.6. The highest BCUT2D eigenvalue weighted by Gasteiger charge is 2.66. The van der Waals surface area contributed by atoms with Crippen LogP contribution in [-0.2, 0) is 23.4 Å². The monoisotopic (exact) mass is 652 g/mol. The fourth-order valence-corrected chi connectivity index (χ4v) is 10.8. The normalized spacial score (nSPS) is 37.1. The predicted octanol–water partition coefficient (Wildman–Crippen LogP) is 9.29. The molecule has 0 N–H and O–H groups in total. The Labute approximate surface area is 279 Å². The van der Waals surface area contributed by atoms with Crippen LogP contribution in [-0.4, -0.2) is 51.3 Å². The summed E-state index contributed by atoms with van der Waals surface area (Å²) >= 11 is 0. The molecule has 1 aliphatic heterocycles. The largest absolute Gasteiger partial charge is 0.458 e. The Morgan fingerprint density at radius 3 is 2.28 bits per heavy atom. The van der Waals surface area contributed by atoms with Crippen LogP contribution < -0.4 is 0 Å². The van der Waals surface area contributed by atoms with Gasteiger partial charge in [-0.15, -0.1) is 0 Å². The van der Waals surface area contributed by atoms with Gasteiger partial charge in [-0.1, -0.05) is 64.8 Å². The van der Waals surface area contributed by atoms with Crippen LogP contribution in [0.4, 0.5) is 0 Å². The molecule has 4 unspecified atom stereocenters. The third kappa shape index (κ3) is 6.93. The quantitative estimate of drug-likeness (QED) is 0.179. The van der Waals surface area contributed by atoms with Gasteiger partial charge in [0.2, 0.25) is 0 Å². The lowest BCUT2D eigenvalue weighted by atomic mass is 9.46. The van der Waals surface area contributed by atoms with Gasteiger partial charge < -0.3 is 18.6 Å². The molecule has 0 radical (unpaired) electrons. The summed E-state index contributed by atoms with van der Waals surface area (Å²) in [7, 11) is -2.03. The van der Waals surface area contributed by atoms with Crippen LogP contribution in [0.5, 0.6) is 0 Å². The van der Waals surface area contributed by atoms with Crippen molar-refractivity contribution in [2.24, 2.45) is 28.6 Å². The molecule has 6 nitrogen and oxygen atoms in total. The Balaban J connectivity index is 0.000000624. The lowest BCUT2D eigenvalue weighted by Crippen LogP contribution is -2.62. The van der Waals surface area contributed by atoms with Crippen molar-refractivity contribution in [3.05, 3.63) is 47.5 Å². The molecule has 9 atom stereocenters. The second-order valence-electron chi connectivity index (χ2n) is 16.9. The first-order valence-electron chi connectivity index (χ1n) is 18.0. The Bertz CT molecular complexity index is 1260. The van der Waals surface area contributed by atoms with Gasteiger partial charge in [0, 0.05) is 25.4 Å². The van der Waals surface area contributed by atoms with Crippen LogP contribution >= 0.6 is 0 Å². The summed E-state index contributed by atoms with van der Waals surface area (Å²) in [4.78, 5) is 26.1. The minimum Gasteiger partial charge on any atom is -0.458 e. The zero-order valence-electron chi connectivity index (χ0n) is 30.0. The molecule has 3 saturated carbocycles. The van der Waals surface area contributed by atoms with Gasteiger partial charge in [-0.3, -0.25) is 4.79 Å². The van der Waals surface area contributed by atoms with E-state index in [1.165, 1.54) is 31.8 Å². The van der Waals surface area contributed by atoms with Crippen molar-refractivity contribution < 1.29 is 28.2 Å². The summed E-state index contributed by atoms with van der Waals surface area (Å²) in [5.41, 5.74) is 1.74. The van der Waals surface area contributed by atoms with Crippen molar-refractivity contribution in [1.29, 1.82) is 0 Å². The number of carbonyl (C=O) groups is 2. The minimum atomic E-state index is -2.03. The molecule has 4 fully saturated rings. The molecule has 0 amide bonds. The van der Waals surface area contributed by atoms with Crippen LogP contribution in [0.15, 0.2) is 42.0 Å². The molecule has 4 aliphatic carbocycles. The fourth-order valence-electron chi connectivity index (χ4n) is 9.35. The smallest absolute Gasteiger partial charge is 0.338 e. The predicted molar refractivity (Wildman–Crippen MR) is 185 cm³/mol. The van der Waals surface area contributed by atoms with Crippen LogP contribution in [0.2, 0.25) is 18.1 Å². The lowest BCUT2D eigenvalue weighted by Gasteiger charge is -2.61. The number of fused-ring (bicyclic) bond motifs is 5. The van der Waals surface area contributed by atoms with E-state index >= 15 is 0 Å². The maximum absolute atomic E-state index is 13.6. The van der Waals surface area contributed by atoms with Crippen LogP contribution in [0.25, 0.3) is 0 Å². The molecule has 1 aromatic carbocycles. The van der Waals surface area contributed by atoms with Crippen molar-refractivity contribution in [2.75, 3.05) is 6.61 Å². The van der Waals surface area contributed by atoms with Crippen molar-refractivity contribution in [2.45, 2.75) is 149 Å². The van der Waals surface area contributed by atoms with E-state index in [0.717, 1.165) is 45.1 Å². The number of carbonyl (C=O) groups excluding carboxylic acids is 2. The summed E-state index contributed by atoms with van der Waals surface area (Å²) in [5, 5.41) is 0.107. The van der Waals surface area contributed by atoms with Crippen LogP contribution in [0.1, 0.15) is 117 Å². The Kier molecular flexibility index (Phi) is 10.4. The molecule has 6 rings (SSSR count). The standard InChI is InChI=1S/C34H50O5Si.C5H10O/c1-22(35)37-26-20-24-16-12-13-19-33(24,5)30-27(38-31(36)23-14-10-9-11-15-23)21-34(6)25(29(26)30)17-18-28(34)39-40(7,8)32(2,3)4;1-5-3-2-4-6-5/h9-11,14-15,20,25-30H,12-13,16-19,21H2,1-8H3;5H,2-4H2,1H3/t25?,26-,27-,28-,29?,30?,33-,34-;/m0./s1. The molecule has 0 aromatic heterocycles. The number of hydrogen-bond acceptors (Lipinski definition) is 6. The van der Waals surface area contributed by atoms with E-state index in [1.54, 1.807) is 0 Å². The summed E-state index contributed by atoms with van der Waals surface area (Å²) in [6, 6.07) is 9.37. The first kappa shape index (κ1) is 35.3. The zero-order chi connectivity index (χ0) is 33.5. The number of esters is 2. The van der Waals surface area contributed by atoms with Gasteiger partial charge in [0.1, 0.15) is 12.2 Å². The van der Waals surface area contributed by atoms with E-state index in [4.69, 9.17) is 18.6 Å². The first-order valence-corrected chi connectivity index (χ1v) is 20.9. The molecule has 0 bridgehead atoms. The van der Waals surface area contributed by atoms with E-state index < -0.39 is 8.32 Å². The highest BCUT2D eigenvalue weighted by Crippen LogP contribution is 2.66. The molecule has 5 aliphatic rings. The van der Waals surface area contributed by atoms with E-state index in [1.807, 2.05) is 30.3 Å². The lowest BCUT2D eigenvalue weighted by molar-refractivity contribution is -0.177. The number of allylic oxidation sites excluding steroid dienone is 1. The van der Waals surface area contributed by atoms with E-state index in [2.05, 4.69) is 60.7 Å². The van der Waals surface area contributed by atoms with Gasteiger partial charge in [0.15, 0.2) is 8.32 Å². The average molecular weight is 653 g/mol. The summed E-state index contributed by atoms with van der Waals surface area (Å²) in [6.07, 6.45) is 12.2. The van der Waals surface area contributed by atoms with Crippen molar-refractivity contribution in [3.8, 4) is 0 Å². The Morgan fingerprint density at radius 1 is 0.978 bits per heavy atom. The molecule has 1 aromatic rings. The molecule has 1 heterocycles. The number of benzene rings is 1. The van der Waals surface area contributed by atoms with Gasteiger partial charge in [0.25, 0.3) is 0 Å². The Hall–Kier alpha value is -1.96. The molecule has 0 spiro atoms. The number of ether oxygens (including phenoxy) is 3. The number of rotatable bonds is 5. The average Bonchev–Trinajstić information content (AvgIpc) is 3.58. The highest BCUT2D eigenvalue weighted by atomic mass is 28.4. The molecular weight excluding hydrogens is 593 g/mol. The van der Waals surface area contributed by atoms with Crippen LogP contribution in [0, 0.1) is 28.6 Å². The zero-order valence-corrected chi connectivity index (χ0v) is 31.0. The van der Waals surface area contributed by atoms with E-state index in [-0.39, 0.29) is 58.0 Å². The summed E-state index contributed by atoms with van der Waals surface area (Å²) < 4.78 is 25.1. The number of hydrogen-bond donors (Lipinski definition) is 0. The van der Waals surface area contributed by atoms with E-state index in [0.29, 0.717) is 17.6 Å². The minimum absolute atomic E-state index is 0.0685. The third-order valence-corrected chi connectivity index (χ3v) is 17.3. The summed E-state index contributed by atoms with van der Waals surface area (Å²) in [5.74, 6) is 0.0356. The maximum atomic E-state index is 13.6. The molecule has 256 valence electrons. The second kappa shape index (κ2) is 13.5. The van der Waals surface area contributed by atoms with Crippen molar-refractivity contribution in [1.82, 2.24) is 0 Å². The molecule has 1 saturated heterocycles.